The van der Waals surface area contributed by atoms with Crippen molar-refractivity contribution in [3.05, 3.63) is 17.8 Å². The molecule has 80 valence electrons. The second-order valence-electron chi connectivity index (χ2n) is 3.27. The van der Waals surface area contributed by atoms with Gasteiger partial charge in [0.2, 0.25) is 5.89 Å². The molecule has 1 rings (SSSR count). The van der Waals surface area contributed by atoms with Gasteiger partial charge in [0, 0.05) is 7.11 Å². The third-order valence-electron chi connectivity index (χ3n) is 1.93. The SMILES string of the molecule is CCCNC(C)c1ncc(COC)o1. The predicted molar refractivity (Wildman–Crippen MR) is 53.9 cm³/mol. The van der Waals surface area contributed by atoms with Crippen LogP contribution in [0.3, 0.4) is 0 Å². The predicted octanol–water partition coefficient (Wildman–Crippen LogP) is 1.88. The van der Waals surface area contributed by atoms with Crippen molar-refractivity contribution in [3.8, 4) is 0 Å². The smallest absolute Gasteiger partial charge is 0.211 e. The largest absolute Gasteiger partial charge is 0.442 e. The number of aromatic nitrogens is 1. The van der Waals surface area contributed by atoms with Gasteiger partial charge in [0.25, 0.3) is 0 Å². The van der Waals surface area contributed by atoms with E-state index in [1.165, 1.54) is 0 Å². The van der Waals surface area contributed by atoms with Gasteiger partial charge in [-0.2, -0.15) is 0 Å². The van der Waals surface area contributed by atoms with Crippen LogP contribution in [0.4, 0.5) is 0 Å². The van der Waals surface area contributed by atoms with E-state index in [2.05, 4.69) is 17.2 Å². The molecule has 1 aromatic rings. The first-order chi connectivity index (χ1) is 6.77. The van der Waals surface area contributed by atoms with Crippen molar-refractivity contribution in [2.45, 2.75) is 32.9 Å². The summed E-state index contributed by atoms with van der Waals surface area (Å²) < 4.78 is 10.4. The van der Waals surface area contributed by atoms with Crippen molar-refractivity contribution in [1.82, 2.24) is 10.3 Å². The molecule has 4 heteroatoms. The van der Waals surface area contributed by atoms with E-state index < -0.39 is 0 Å². The van der Waals surface area contributed by atoms with Crippen molar-refractivity contribution in [2.75, 3.05) is 13.7 Å². The number of methoxy groups -OCH3 is 1. The van der Waals surface area contributed by atoms with E-state index in [0.717, 1.165) is 24.6 Å². The molecular weight excluding hydrogens is 180 g/mol. The molecule has 4 nitrogen and oxygen atoms in total. The number of rotatable bonds is 6. The highest BCUT2D eigenvalue weighted by Gasteiger charge is 2.10. The topological polar surface area (TPSA) is 47.3 Å². The molecule has 1 atom stereocenters. The second kappa shape index (κ2) is 5.78. The minimum Gasteiger partial charge on any atom is -0.442 e. The molecule has 0 saturated carbocycles. The maximum Gasteiger partial charge on any atom is 0.211 e. The minimum atomic E-state index is 0.167. The standard InChI is InChI=1S/C10H18N2O2/c1-4-5-11-8(2)10-12-6-9(14-10)7-13-3/h6,8,11H,4-5,7H2,1-3H3. The summed E-state index contributed by atoms with van der Waals surface area (Å²) in [5.41, 5.74) is 0. The first-order valence-corrected chi connectivity index (χ1v) is 4.94. The summed E-state index contributed by atoms with van der Waals surface area (Å²) in [7, 11) is 1.64. The number of ether oxygens (including phenoxy) is 1. The molecule has 0 bridgehead atoms. The summed E-state index contributed by atoms with van der Waals surface area (Å²) in [6, 6.07) is 0.167. The van der Waals surface area contributed by atoms with Crippen LogP contribution < -0.4 is 5.32 Å². The van der Waals surface area contributed by atoms with Gasteiger partial charge < -0.3 is 14.5 Å². The first-order valence-electron chi connectivity index (χ1n) is 4.94. The van der Waals surface area contributed by atoms with Crippen LogP contribution in [0.15, 0.2) is 10.6 Å². The lowest BCUT2D eigenvalue weighted by Crippen LogP contribution is -2.19. The minimum absolute atomic E-state index is 0.167. The summed E-state index contributed by atoms with van der Waals surface area (Å²) in [6.07, 6.45) is 2.82. The zero-order valence-electron chi connectivity index (χ0n) is 9.04. The van der Waals surface area contributed by atoms with Crippen LogP contribution in [0, 0.1) is 0 Å². The Labute approximate surface area is 84.7 Å². The molecule has 0 saturated heterocycles. The van der Waals surface area contributed by atoms with Crippen LogP contribution in [0.25, 0.3) is 0 Å². The molecule has 0 aliphatic carbocycles. The molecule has 0 aromatic carbocycles. The fraction of sp³-hybridized carbons (Fsp3) is 0.700. The van der Waals surface area contributed by atoms with Gasteiger partial charge in [-0.3, -0.25) is 0 Å². The number of hydrogen-bond donors (Lipinski definition) is 1. The zero-order chi connectivity index (χ0) is 10.4. The van der Waals surface area contributed by atoms with Gasteiger partial charge in [0.1, 0.15) is 12.4 Å². The fourth-order valence-corrected chi connectivity index (χ4v) is 1.18. The van der Waals surface area contributed by atoms with Crippen molar-refractivity contribution >= 4 is 0 Å². The van der Waals surface area contributed by atoms with E-state index in [0.29, 0.717) is 6.61 Å². The van der Waals surface area contributed by atoms with Crippen LogP contribution in [0.1, 0.15) is 38.0 Å². The number of nitrogens with one attached hydrogen (secondary N) is 1. The van der Waals surface area contributed by atoms with E-state index in [-0.39, 0.29) is 6.04 Å². The Hall–Kier alpha value is -0.870. The third-order valence-corrected chi connectivity index (χ3v) is 1.93. The van der Waals surface area contributed by atoms with Gasteiger partial charge in [0.05, 0.1) is 12.2 Å². The fourth-order valence-electron chi connectivity index (χ4n) is 1.18. The zero-order valence-corrected chi connectivity index (χ0v) is 9.04. The van der Waals surface area contributed by atoms with Gasteiger partial charge in [-0.1, -0.05) is 6.92 Å². The first kappa shape index (κ1) is 11.2. The lowest BCUT2D eigenvalue weighted by molar-refractivity contribution is 0.161. The van der Waals surface area contributed by atoms with Gasteiger partial charge >= 0.3 is 0 Å². The maximum absolute atomic E-state index is 5.48. The molecule has 0 spiro atoms. The number of hydrogen-bond acceptors (Lipinski definition) is 4. The Bertz CT molecular complexity index is 260. The lowest BCUT2D eigenvalue weighted by Gasteiger charge is -2.08. The van der Waals surface area contributed by atoms with E-state index in [9.17, 15) is 0 Å². The molecule has 1 N–H and O–H groups in total. The Morgan fingerprint density at radius 1 is 1.64 bits per heavy atom. The van der Waals surface area contributed by atoms with E-state index in [4.69, 9.17) is 9.15 Å². The van der Waals surface area contributed by atoms with Crippen LogP contribution in [0.2, 0.25) is 0 Å². The van der Waals surface area contributed by atoms with E-state index in [1.54, 1.807) is 13.3 Å². The highest BCUT2D eigenvalue weighted by Crippen LogP contribution is 2.12. The molecule has 1 heterocycles. The molecule has 0 aliphatic heterocycles. The highest BCUT2D eigenvalue weighted by molar-refractivity contribution is 4.96. The average molecular weight is 198 g/mol. The molecule has 1 unspecified atom stereocenters. The molecule has 0 fully saturated rings. The Morgan fingerprint density at radius 2 is 2.43 bits per heavy atom. The van der Waals surface area contributed by atoms with Crippen LogP contribution in [-0.2, 0) is 11.3 Å². The molecule has 0 amide bonds. The van der Waals surface area contributed by atoms with Gasteiger partial charge in [-0.15, -0.1) is 0 Å². The van der Waals surface area contributed by atoms with E-state index >= 15 is 0 Å². The highest BCUT2D eigenvalue weighted by atomic mass is 16.5. The van der Waals surface area contributed by atoms with Crippen molar-refractivity contribution in [1.29, 1.82) is 0 Å². The Kier molecular flexibility index (Phi) is 4.62. The summed E-state index contributed by atoms with van der Waals surface area (Å²) >= 11 is 0. The average Bonchev–Trinajstić information content (AvgIpc) is 2.63. The van der Waals surface area contributed by atoms with Crippen molar-refractivity contribution < 1.29 is 9.15 Å². The van der Waals surface area contributed by atoms with Gasteiger partial charge in [0.15, 0.2) is 0 Å². The summed E-state index contributed by atoms with van der Waals surface area (Å²) in [4.78, 5) is 4.18. The van der Waals surface area contributed by atoms with Crippen LogP contribution in [0.5, 0.6) is 0 Å². The molecular formula is C10H18N2O2. The van der Waals surface area contributed by atoms with Crippen LogP contribution >= 0.6 is 0 Å². The Balaban J connectivity index is 2.48. The van der Waals surface area contributed by atoms with Crippen molar-refractivity contribution in [3.63, 3.8) is 0 Å². The van der Waals surface area contributed by atoms with Crippen LogP contribution in [-0.4, -0.2) is 18.6 Å². The van der Waals surface area contributed by atoms with Gasteiger partial charge in [-0.05, 0) is 19.9 Å². The monoisotopic (exact) mass is 198 g/mol. The quantitative estimate of drug-likeness (QED) is 0.758. The normalized spacial score (nSPS) is 13.1. The summed E-state index contributed by atoms with van der Waals surface area (Å²) in [5.74, 6) is 1.50. The number of oxazole rings is 1. The molecule has 1 aromatic heterocycles. The Morgan fingerprint density at radius 3 is 3.07 bits per heavy atom. The van der Waals surface area contributed by atoms with E-state index in [1.807, 2.05) is 6.92 Å². The van der Waals surface area contributed by atoms with Gasteiger partial charge in [-0.25, -0.2) is 4.98 Å². The molecule has 0 aliphatic rings. The molecule has 14 heavy (non-hydrogen) atoms. The van der Waals surface area contributed by atoms with Crippen molar-refractivity contribution in [2.24, 2.45) is 0 Å². The summed E-state index contributed by atoms with van der Waals surface area (Å²) in [5, 5.41) is 3.31. The molecule has 0 radical (unpaired) electrons. The third kappa shape index (κ3) is 3.12. The number of nitrogens with zero attached hydrogens (tertiary/aromatic N) is 1. The second-order valence-corrected chi connectivity index (χ2v) is 3.27. The summed E-state index contributed by atoms with van der Waals surface area (Å²) in [6.45, 7) is 5.63. The lowest BCUT2D eigenvalue weighted by atomic mass is 10.3. The maximum atomic E-state index is 5.48.